The number of H-pyrrole nitrogens is 2. The topological polar surface area (TPSA) is 77.2 Å². The number of nitrogens with zero attached hydrogens (tertiary/aromatic N) is 3. The zero-order valence-corrected chi connectivity index (χ0v) is 22.9. The predicted molar refractivity (Wildman–Crippen MR) is 148 cm³/mol. The van der Waals surface area contributed by atoms with Gasteiger partial charge in [-0.15, -0.1) is 0 Å². The van der Waals surface area contributed by atoms with Crippen molar-refractivity contribution in [2.45, 2.75) is 72.8 Å². The maximum atomic E-state index is 13.7. The molecule has 196 valence electrons. The quantitative estimate of drug-likeness (QED) is 0.366. The molecule has 1 aliphatic rings. The summed E-state index contributed by atoms with van der Waals surface area (Å²) in [4.78, 5) is 21.4. The van der Waals surface area contributed by atoms with Crippen LogP contribution in [0.5, 0.6) is 0 Å². The third-order valence-electron chi connectivity index (χ3n) is 7.54. The minimum atomic E-state index is -0.184. The van der Waals surface area contributed by atoms with E-state index in [1.165, 1.54) is 17.7 Å². The Morgan fingerprint density at radius 3 is 2.61 bits per heavy atom. The summed E-state index contributed by atoms with van der Waals surface area (Å²) < 4.78 is 5.36. The summed E-state index contributed by atoms with van der Waals surface area (Å²) in [6, 6.07) is 8.22. The smallest absolute Gasteiger partial charge is 0.244 e. The Kier molecular flexibility index (Phi) is 8.20. The Balaban J connectivity index is 1.63. The Labute approximate surface area is 215 Å². The predicted octanol–water partition coefficient (Wildman–Crippen LogP) is 5.56. The highest BCUT2D eigenvalue weighted by Crippen LogP contribution is 2.38. The molecule has 0 fully saturated rings. The number of aromatic amines is 2. The monoisotopic (exact) mass is 493 g/mol. The van der Waals surface area contributed by atoms with Crippen LogP contribution >= 0.6 is 0 Å². The number of rotatable bonds is 11. The first-order chi connectivity index (χ1) is 17.3. The largest absolute Gasteiger partial charge is 0.383 e. The number of carbonyl (C=O) groups excluding carboxylic acids is 1. The van der Waals surface area contributed by atoms with Crippen LogP contribution in [0.15, 0.2) is 24.3 Å². The molecular weight excluding hydrogens is 450 g/mol. The summed E-state index contributed by atoms with van der Waals surface area (Å²) >= 11 is 0. The highest BCUT2D eigenvalue weighted by molar-refractivity contribution is 5.99. The molecule has 7 heteroatoms. The summed E-state index contributed by atoms with van der Waals surface area (Å²) in [5.74, 6) is 0.115. The van der Waals surface area contributed by atoms with Gasteiger partial charge in [-0.05, 0) is 75.7 Å². The first-order valence-electron chi connectivity index (χ1n) is 13.5. The van der Waals surface area contributed by atoms with E-state index in [-0.39, 0.29) is 11.9 Å². The third-order valence-corrected chi connectivity index (χ3v) is 7.54. The first kappa shape index (κ1) is 26.4. The summed E-state index contributed by atoms with van der Waals surface area (Å²) in [6.07, 6.45) is 5.29. The van der Waals surface area contributed by atoms with Gasteiger partial charge in [0, 0.05) is 41.5 Å². The molecule has 0 aliphatic heterocycles. The Morgan fingerprint density at radius 1 is 1.17 bits per heavy atom. The number of anilines is 1. The van der Waals surface area contributed by atoms with E-state index in [2.05, 4.69) is 66.0 Å². The van der Waals surface area contributed by atoms with Crippen molar-refractivity contribution in [2.75, 3.05) is 38.3 Å². The lowest BCUT2D eigenvalue weighted by atomic mass is 9.76. The molecule has 0 radical (unpaired) electrons. The molecule has 0 saturated heterocycles. The number of hydrogen-bond donors (Lipinski definition) is 2. The van der Waals surface area contributed by atoms with Crippen LogP contribution in [0.4, 0.5) is 5.69 Å². The molecule has 36 heavy (non-hydrogen) atoms. The van der Waals surface area contributed by atoms with E-state index in [0.29, 0.717) is 18.6 Å². The van der Waals surface area contributed by atoms with Gasteiger partial charge in [-0.3, -0.25) is 14.8 Å². The Morgan fingerprint density at radius 2 is 1.92 bits per heavy atom. The van der Waals surface area contributed by atoms with Gasteiger partial charge in [0.15, 0.2) is 0 Å². The van der Waals surface area contributed by atoms with Crippen molar-refractivity contribution in [3.63, 3.8) is 0 Å². The minimum absolute atomic E-state index is 0.115. The molecule has 1 atom stereocenters. The molecule has 1 amide bonds. The van der Waals surface area contributed by atoms with Crippen LogP contribution in [0, 0.1) is 5.41 Å². The number of hydrogen-bond acceptors (Lipinski definition) is 4. The number of aromatic nitrogens is 3. The van der Waals surface area contributed by atoms with Crippen LogP contribution in [0.2, 0.25) is 0 Å². The molecule has 0 saturated carbocycles. The van der Waals surface area contributed by atoms with Crippen LogP contribution in [0.1, 0.15) is 65.1 Å². The molecule has 0 spiro atoms. The van der Waals surface area contributed by atoms with E-state index >= 15 is 0 Å². The summed E-state index contributed by atoms with van der Waals surface area (Å²) in [5.41, 5.74) is 6.86. The lowest BCUT2D eigenvalue weighted by molar-refractivity contribution is -0.123. The molecule has 0 bridgehead atoms. The lowest BCUT2D eigenvalue weighted by Crippen LogP contribution is -2.48. The van der Waals surface area contributed by atoms with Crippen molar-refractivity contribution >= 4 is 22.5 Å². The average Bonchev–Trinajstić information content (AvgIpc) is 3.45. The number of amides is 1. The molecule has 1 aliphatic carbocycles. The number of carbonyl (C=O) groups is 1. The number of ether oxygens (including phenoxy) is 1. The van der Waals surface area contributed by atoms with E-state index in [9.17, 15) is 4.79 Å². The standard InChI is InChI=1S/C29H43N5O2/c1-7-13-33(14-8-2)20(3)28(35)34(15-16-36-6)22-10-9-21-17-25(30-24(21)18-22)27-23-11-12-29(4,5)19-26(23)31-32-27/h9-10,17-18,20,30H,7-8,11-16,19H2,1-6H3,(H,31,32)/t20-/m0/s1. The van der Waals surface area contributed by atoms with Crippen molar-refractivity contribution in [3.8, 4) is 11.4 Å². The van der Waals surface area contributed by atoms with Gasteiger partial charge in [0.05, 0.1) is 18.3 Å². The molecule has 2 aromatic heterocycles. The highest BCUT2D eigenvalue weighted by atomic mass is 16.5. The van der Waals surface area contributed by atoms with Gasteiger partial charge in [0.1, 0.15) is 5.69 Å². The van der Waals surface area contributed by atoms with Gasteiger partial charge in [0.2, 0.25) is 5.91 Å². The zero-order valence-electron chi connectivity index (χ0n) is 22.9. The van der Waals surface area contributed by atoms with E-state index < -0.39 is 0 Å². The van der Waals surface area contributed by atoms with Gasteiger partial charge in [-0.1, -0.05) is 33.8 Å². The van der Waals surface area contributed by atoms with Crippen molar-refractivity contribution in [1.29, 1.82) is 0 Å². The van der Waals surface area contributed by atoms with E-state index in [1.54, 1.807) is 7.11 Å². The highest BCUT2D eigenvalue weighted by Gasteiger charge is 2.30. The number of nitrogens with one attached hydrogen (secondary N) is 2. The Hall–Kier alpha value is -2.64. The average molecular weight is 494 g/mol. The van der Waals surface area contributed by atoms with Crippen molar-refractivity contribution < 1.29 is 9.53 Å². The maximum absolute atomic E-state index is 13.7. The second-order valence-corrected chi connectivity index (χ2v) is 11.0. The van der Waals surface area contributed by atoms with Gasteiger partial charge in [-0.25, -0.2) is 0 Å². The summed E-state index contributed by atoms with van der Waals surface area (Å²) in [6.45, 7) is 13.8. The molecule has 0 unspecified atom stereocenters. The SMILES string of the molecule is CCCN(CCC)[C@@H](C)C(=O)N(CCOC)c1ccc2cc(-c3n[nH]c4c3CCC(C)(C)C4)[nH]c2c1. The van der Waals surface area contributed by atoms with Crippen LogP contribution in [-0.4, -0.2) is 65.4 Å². The maximum Gasteiger partial charge on any atom is 0.244 e. The van der Waals surface area contributed by atoms with Crippen molar-refractivity contribution in [1.82, 2.24) is 20.1 Å². The molecule has 7 nitrogen and oxygen atoms in total. The Bertz CT molecular complexity index is 1170. The number of methoxy groups -OCH3 is 1. The molecule has 2 heterocycles. The van der Waals surface area contributed by atoms with Crippen molar-refractivity contribution in [2.24, 2.45) is 5.41 Å². The molecule has 2 N–H and O–H groups in total. The second kappa shape index (κ2) is 11.2. The van der Waals surface area contributed by atoms with E-state index in [0.717, 1.165) is 66.8 Å². The molecule has 4 rings (SSSR count). The van der Waals surface area contributed by atoms with Gasteiger partial charge in [-0.2, -0.15) is 5.10 Å². The summed E-state index contributed by atoms with van der Waals surface area (Å²) in [5, 5.41) is 9.10. The first-order valence-corrected chi connectivity index (χ1v) is 13.5. The van der Waals surface area contributed by atoms with Gasteiger partial charge >= 0.3 is 0 Å². The fraction of sp³-hybridized carbons (Fsp3) is 0.586. The zero-order chi connectivity index (χ0) is 25.9. The van der Waals surface area contributed by atoms with Gasteiger partial charge < -0.3 is 14.6 Å². The number of fused-ring (bicyclic) bond motifs is 2. The van der Waals surface area contributed by atoms with Crippen LogP contribution in [0.25, 0.3) is 22.3 Å². The van der Waals surface area contributed by atoms with Crippen LogP contribution in [0.3, 0.4) is 0 Å². The molecule has 1 aromatic carbocycles. The molecular formula is C29H43N5O2. The van der Waals surface area contributed by atoms with Crippen LogP contribution in [-0.2, 0) is 22.4 Å². The van der Waals surface area contributed by atoms with Gasteiger partial charge in [0.25, 0.3) is 0 Å². The summed E-state index contributed by atoms with van der Waals surface area (Å²) in [7, 11) is 1.68. The van der Waals surface area contributed by atoms with Crippen molar-refractivity contribution in [3.05, 3.63) is 35.5 Å². The van der Waals surface area contributed by atoms with Crippen LogP contribution < -0.4 is 4.90 Å². The minimum Gasteiger partial charge on any atom is -0.383 e. The van der Waals surface area contributed by atoms with E-state index in [4.69, 9.17) is 4.74 Å². The number of benzene rings is 1. The normalized spacial score (nSPS) is 15.9. The second-order valence-electron chi connectivity index (χ2n) is 11.0. The molecule has 3 aromatic rings. The van der Waals surface area contributed by atoms with E-state index in [1.807, 2.05) is 17.9 Å². The third kappa shape index (κ3) is 5.52. The fourth-order valence-electron chi connectivity index (χ4n) is 5.48. The lowest BCUT2D eigenvalue weighted by Gasteiger charge is -2.32. The fourth-order valence-corrected chi connectivity index (χ4v) is 5.48.